The van der Waals surface area contributed by atoms with Crippen molar-refractivity contribution in [1.82, 2.24) is 25.1 Å². The highest BCUT2D eigenvalue weighted by atomic mass is 79.9. The molecule has 100 valence electrons. The van der Waals surface area contributed by atoms with Gasteiger partial charge in [-0.15, -0.1) is 0 Å². The zero-order valence-electron chi connectivity index (χ0n) is 10.3. The maximum atomic E-state index is 12.1. The number of nitrogens with one attached hydrogen (secondary N) is 2. The summed E-state index contributed by atoms with van der Waals surface area (Å²) in [4.78, 5) is 27.6. The van der Waals surface area contributed by atoms with Crippen LogP contribution in [0.1, 0.15) is 29.1 Å². The molecule has 2 rings (SSSR count). The average Bonchev–Trinajstić information content (AvgIpc) is 2.87. The van der Waals surface area contributed by atoms with Crippen LogP contribution in [0, 0.1) is 0 Å². The molecule has 0 aliphatic heterocycles. The lowest BCUT2D eigenvalue weighted by Gasteiger charge is -2.12. The number of carbonyl (C=O) groups excluding carboxylic acids is 1. The minimum Gasteiger partial charge on any atom is -0.342 e. The normalized spacial score (nSPS) is 12.2. The van der Waals surface area contributed by atoms with Gasteiger partial charge in [0.25, 0.3) is 11.5 Å². The molecule has 0 saturated carbocycles. The zero-order valence-corrected chi connectivity index (χ0v) is 11.9. The molecule has 1 amide bonds. The zero-order chi connectivity index (χ0) is 14.0. The van der Waals surface area contributed by atoms with E-state index in [1.807, 2.05) is 0 Å². The van der Waals surface area contributed by atoms with E-state index in [1.165, 1.54) is 17.0 Å². The Morgan fingerprint density at radius 1 is 1.58 bits per heavy atom. The highest BCUT2D eigenvalue weighted by Crippen LogP contribution is 2.15. The number of aromatic nitrogens is 4. The quantitative estimate of drug-likeness (QED) is 0.871. The van der Waals surface area contributed by atoms with Crippen molar-refractivity contribution in [3.05, 3.63) is 44.8 Å². The second-order valence-corrected chi connectivity index (χ2v) is 4.90. The smallest absolute Gasteiger partial charge is 0.253 e. The van der Waals surface area contributed by atoms with E-state index in [2.05, 4.69) is 36.4 Å². The Bertz CT molecular complexity index is 650. The van der Waals surface area contributed by atoms with Crippen molar-refractivity contribution in [2.24, 2.45) is 7.05 Å². The molecule has 2 aromatic heterocycles. The van der Waals surface area contributed by atoms with Crippen molar-refractivity contribution in [2.45, 2.75) is 13.0 Å². The van der Waals surface area contributed by atoms with Crippen LogP contribution in [0.15, 0.2) is 27.9 Å². The molecule has 1 atom stereocenters. The number of hydrogen-bond donors (Lipinski definition) is 2. The van der Waals surface area contributed by atoms with E-state index in [0.29, 0.717) is 10.3 Å². The van der Waals surface area contributed by atoms with E-state index in [1.54, 1.807) is 20.2 Å². The maximum Gasteiger partial charge on any atom is 0.253 e. The number of pyridine rings is 1. The van der Waals surface area contributed by atoms with Gasteiger partial charge >= 0.3 is 0 Å². The Morgan fingerprint density at radius 3 is 2.95 bits per heavy atom. The van der Waals surface area contributed by atoms with Crippen molar-refractivity contribution in [1.29, 1.82) is 0 Å². The van der Waals surface area contributed by atoms with Crippen LogP contribution in [0.5, 0.6) is 0 Å². The molecule has 0 bridgehead atoms. The average molecular weight is 326 g/mol. The fraction of sp³-hybridized carbons (Fsp3) is 0.273. The molecule has 0 saturated heterocycles. The second kappa shape index (κ2) is 5.35. The highest BCUT2D eigenvalue weighted by molar-refractivity contribution is 9.10. The molecule has 8 heteroatoms. The lowest BCUT2D eigenvalue weighted by atomic mass is 10.2. The fourth-order valence-corrected chi connectivity index (χ4v) is 2.14. The van der Waals surface area contributed by atoms with E-state index in [9.17, 15) is 9.59 Å². The molecule has 2 N–H and O–H groups in total. The van der Waals surface area contributed by atoms with E-state index in [-0.39, 0.29) is 23.1 Å². The number of H-pyrrole nitrogens is 1. The Morgan fingerprint density at radius 2 is 2.32 bits per heavy atom. The van der Waals surface area contributed by atoms with Gasteiger partial charge in [-0.3, -0.25) is 14.7 Å². The van der Waals surface area contributed by atoms with Crippen molar-refractivity contribution in [2.75, 3.05) is 0 Å². The third kappa shape index (κ3) is 2.90. The summed E-state index contributed by atoms with van der Waals surface area (Å²) in [6, 6.07) is 0.956. The molecule has 19 heavy (non-hydrogen) atoms. The Labute approximate surface area is 117 Å². The van der Waals surface area contributed by atoms with E-state index in [0.717, 1.165) is 0 Å². The van der Waals surface area contributed by atoms with Gasteiger partial charge in [0.1, 0.15) is 12.2 Å². The van der Waals surface area contributed by atoms with Gasteiger partial charge in [-0.2, -0.15) is 5.10 Å². The van der Waals surface area contributed by atoms with Gasteiger partial charge in [-0.05, 0) is 22.9 Å². The molecule has 0 fully saturated rings. The van der Waals surface area contributed by atoms with Gasteiger partial charge in [0, 0.05) is 23.8 Å². The van der Waals surface area contributed by atoms with Gasteiger partial charge in [0.15, 0.2) is 0 Å². The Hall–Kier alpha value is -1.96. The summed E-state index contributed by atoms with van der Waals surface area (Å²) >= 11 is 3.26. The molecular weight excluding hydrogens is 314 g/mol. The lowest BCUT2D eigenvalue weighted by molar-refractivity contribution is 0.0937. The Balaban J connectivity index is 2.21. The first-order chi connectivity index (χ1) is 8.99. The minimum atomic E-state index is -0.353. The molecule has 7 nitrogen and oxygen atoms in total. The minimum absolute atomic E-state index is 0.249. The number of amides is 1. The van der Waals surface area contributed by atoms with Gasteiger partial charge in [-0.1, -0.05) is 0 Å². The summed E-state index contributed by atoms with van der Waals surface area (Å²) in [6.45, 7) is 1.77. The van der Waals surface area contributed by atoms with Crippen LogP contribution in [0.2, 0.25) is 0 Å². The molecule has 0 aliphatic carbocycles. The van der Waals surface area contributed by atoms with Crippen molar-refractivity contribution < 1.29 is 4.79 Å². The third-order valence-corrected chi connectivity index (χ3v) is 3.25. The maximum absolute atomic E-state index is 12.1. The summed E-state index contributed by atoms with van der Waals surface area (Å²) in [5.41, 5.74) is 0.0372. The van der Waals surface area contributed by atoms with Crippen molar-refractivity contribution >= 4 is 21.8 Å². The summed E-state index contributed by atoms with van der Waals surface area (Å²) in [5.74, 6) is 0.196. The summed E-state index contributed by atoms with van der Waals surface area (Å²) in [5, 5.41) is 9.13. The van der Waals surface area contributed by atoms with Gasteiger partial charge in [0.2, 0.25) is 0 Å². The molecule has 2 aromatic rings. The lowest BCUT2D eigenvalue weighted by Crippen LogP contribution is -2.29. The van der Waals surface area contributed by atoms with Gasteiger partial charge in [-0.25, -0.2) is 4.98 Å². The molecule has 1 unspecified atom stereocenters. The SMILES string of the molecule is CC(NC(=O)c1cc(=O)n(C)cc1Br)c1ncn[nH]1. The standard InChI is InChI=1S/C11H12BrN5O2/c1-6(10-13-5-14-16-10)15-11(19)7-3-9(18)17(2)4-8(7)12/h3-6H,1-2H3,(H,15,19)(H,13,14,16). The molecule has 0 spiro atoms. The largest absolute Gasteiger partial charge is 0.342 e. The summed E-state index contributed by atoms with van der Waals surface area (Å²) in [6.07, 6.45) is 2.92. The van der Waals surface area contributed by atoms with Crippen LogP contribution in [-0.4, -0.2) is 25.7 Å². The first-order valence-corrected chi connectivity index (χ1v) is 6.30. The van der Waals surface area contributed by atoms with Gasteiger partial charge < -0.3 is 9.88 Å². The van der Waals surface area contributed by atoms with Gasteiger partial charge in [0.05, 0.1) is 11.6 Å². The third-order valence-electron chi connectivity index (χ3n) is 2.62. The van der Waals surface area contributed by atoms with Crippen molar-refractivity contribution in [3.8, 4) is 0 Å². The second-order valence-electron chi connectivity index (χ2n) is 4.05. The fourth-order valence-electron chi connectivity index (χ4n) is 1.54. The van der Waals surface area contributed by atoms with E-state index >= 15 is 0 Å². The molecular formula is C11H12BrN5O2. The summed E-state index contributed by atoms with van der Waals surface area (Å²) in [7, 11) is 1.62. The Kier molecular flexibility index (Phi) is 3.79. The number of hydrogen-bond acceptors (Lipinski definition) is 4. The van der Waals surface area contributed by atoms with Crippen molar-refractivity contribution in [3.63, 3.8) is 0 Å². The van der Waals surface area contributed by atoms with Crippen LogP contribution < -0.4 is 10.9 Å². The summed E-state index contributed by atoms with van der Waals surface area (Å²) < 4.78 is 1.94. The first kappa shape index (κ1) is 13.5. The van der Waals surface area contributed by atoms with Crippen LogP contribution in [0.4, 0.5) is 0 Å². The van der Waals surface area contributed by atoms with E-state index in [4.69, 9.17) is 0 Å². The number of aryl methyl sites for hydroxylation is 1. The number of nitrogens with zero attached hydrogens (tertiary/aromatic N) is 3. The van der Waals surface area contributed by atoms with Crippen LogP contribution >= 0.6 is 15.9 Å². The molecule has 0 aromatic carbocycles. The number of aromatic amines is 1. The molecule has 0 radical (unpaired) electrons. The van der Waals surface area contributed by atoms with Crippen LogP contribution in [0.3, 0.4) is 0 Å². The van der Waals surface area contributed by atoms with E-state index < -0.39 is 0 Å². The first-order valence-electron chi connectivity index (χ1n) is 5.51. The molecule has 0 aliphatic rings. The van der Waals surface area contributed by atoms with Crippen LogP contribution in [-0.2, 0) is 7.05 Å². The number of carbonyl (C=O) groups is 1. The predicted molar refractivity (Wildman–Crippen MR) is 71.6 cm³/mol. The topological polar surface area (TPSA) is 92.7 Å². The molecule has 2 heterocycles. The monoisotopic (exact) mass is 325 g/mol. The number of halogens is 1. The highest BCUT2D eigenvalue weighted by Gasteiger charge is 2.16. The number of rotatable bonds is 3. The van der Waals surface area contributed by atoms with Crippen LogP contribution in [0.25, 0.3) is 0 Å². The predicted octanol–water partition coefficient (Wildman–Crippen LogP) is 0.757.